The first-order valence-electron chi connectivity index (χ1n) is 11.0. The maximum atomic E-state index is 2.52. The molecular weight excluding hydrogens is 328 g/mol. The van der Waals surface area contributed by atoms with Crippen molar-refractivity contribution < 1.29 is 10.6 Å². The van der Waals surface area contributed by atoms with Gasteiger partial charge in [-0.25, -0.2) is 0 Å². The fourth-order valence-corrected chi connectivity index (χ4v) is 3.76. The summed E-state index contributed by atoms with van der Waals surface area (Å²) in [6.45, 7) is 7.24. The third-order valence-electron chi connectivity index (χ3n) is 5.35. The summed E-state index contributed by atoms with van der Waals surface area (Å²) in [4.78, 5) is 0. The molecule has 148 valence electrons. The Labute approximate surface area is 166 Å². The van der Waals surface area contributed by atoms with Crippen molar-refractivity contribution in [2.75, 3.05) is 13.1 Å². The first-order valence-corrected chi connectivity index (χ1v) is 11.0. The maximum Gasteiger partial charge on any atom is 0.0871 e. The molecule has 0 radical (unpaired) electrons. The van der Waals surface area contributed by atoms with E-state index in [1.54, 1.807) is 0 Å². The van der Waals surface area contributed by atoms with Gasteiger partial charge in [0.2, 0.25) is 0 Å². The third kappa shape index (κ3) is 10.3. The molecule has 0 aliphatic heterocycles. The predicted molar refractivity (Wildman–Crippen MR) is 116 cm³/mol. The van der Waals surface area contributed by atoms with Crippen molar-refractivity contribution in [1.82, 2.24) is 0 Å². The normalized spacial score (nSPS) is 13.4. The van der Waals surface area contributed by atoms with Crippen LogP contribution in [0.1, 0.15) is 57.1 Å². The molecule has 2 rings (SSSR count). The average Bonchev–Trinajstić information content (AvgIpc) is 2.68. The minimum absolute atomic E-state index is 0.688. The summed E-state index contributed by atoms with van der Waals surface area (Å²) in [6.07, 6.45) is 9.22. The molecule has 0 saturated carbocycles. The molecule has 0 amide bonds. The van der Waals surface area contributed by atoms with Crippen LogP contribution >= 0.6 is 0 Å². The molecule has 0 aliphatic carbocycles. The van der Waals surface area contributed by atoms with Gasteiger partial charge < -0.3 is 10.6 Å². The summed E-state index contributed by atoms with van der Waals surface area (Å²) in [5, 5.41) is 5.04. The Kier molecular flexibility index (Phi) is 10.8. The summed E-state index contributed by atoms with van der Waals surface area (Å²) in [7, 11) is 0. The number of nitrogens with two attached hydrogens (primary N) is 2. The van der Waals surface area contributed by atoms with Crippen molar-refractivity contribution in [2.45, 2.75) is 70.9 Å². The van der Waals surface area contributed by atoms with E-state index >= 15 is 0 Å². The van der Waals surface area contributed by atoms with Gasteiger partial charge in [0, 0.05) is 12.8 Å². The Morgan fingerprint density at radius 1 is 0.556 bits per heavy atom. The highest BCUT2D eigenvalue weighted by molar-refractivity contribution is 5.15. The number of unbranched alkanes of at least 4 members (excludes halogenated alkanes) is 4. The van der Waals surface area contributed by atoms with Gasteiger partial charge in [0.05, 0.1) is 25.2 Å². The summed E-state index contributed by atoms with van der Waals surface area (Å²) in [5.74, 6) is 0. The lowest BCUT2D eigenvalue weighted by Gasteiger charge is -2.11. The zero-order valence-corrected chi connectivity index (χ0v) is 17.4. The fraction of sp³-hybridized carbons (Fsp3) is 0.520. The van der Waals surface area contributed by atoms with Crippen LogP contribution in [0.3, 0.4) is 0 Å². The van der Waals surface area contributed by atoms with Crippen LogP contribution in [0.25, 0.3) is 0 Å². The number of hydrogen-bond acceptors (Lipinski definition) is 0. The zero-order chi connectivity index (χ0) is 19.2. The van der Waals surface area contributed by atoms with Crippen molar-refractivity contribution in [3.63, 3.8) is 0 Å². The Balaban J connectivity index is 1.39. The lowest BCUT2D eigenvalue weighted by atomic mass is 10.1. The van der Waals surface area contributed by atoms with E-state index in [4.69, 9.17) is 0 Å². The second kappa shape index (κ2) is 13.5. The first kappa shape index (κ1) is 21.7. The monoisotopic (exact) mass is 368 g/mol. The smallest absolute Gasteiger partial charge is 0.0871 e. The Bertz CT molecular complexity index is 528. The molecule has 0 saturated heterocycles. The fourth-order valence-electron chi connectivity index (χ4n) is 3.76. The van der Waals surface area contributed by atoms with E-state index in [1.165, 1.54) is 69.2 Å². The zero-order valence-electron chi connectivity index (χ0n) is 17.4. The summed E-state index contributed by atoms with van der Waals surface area (Å²) < 4.78 is 0. The molecule has 0 spiro atoms. The van der Waals surface area contributed by atoms with Gasteiger partial charge in [-0.1, -0.05) is 67.1 Å². The van der Waals surface area contributed by atoms with Crippen LogP contribution in [0.5, 0.6) is 0 Å². The minimum Gasteiger partial charge on any atom is -0.344 e. The summed E-state index contributed by atoms with van der Waals surface area (Å²) >= 11 is 0. The molecule has 0 fully saturated rings. The van der Waals surface area contributed by atoms with Crippen molar-refractivity contribution >= 4 is 0 Å². The van der Waals surface area contributed by atoms with Crippen LogP contribution in [0.15, 0.2) is 60.7 Å². The number of rotatable bonds is 14. The second-order valence-electron chi connectivity index (χ2n) is 8.15. The molecule has 0 heterocycles. The maximum absolute atomic E-state index is 2.52. The molecule has 27 heavy (non-hydrogen) atoms. The molecule has 2 nitrogen and oxygen atoms in total. The van der Waals surface area contributed by atoms with Gasteiger partial charge in [-0.05, 0) is 50.7 Å². The molecular formula is C25H40N2+2. The number of benzene rings is 2. The minimum atomic E-state index is 0.688. The largest absolute Gasteiger partial charge is 0.344 e. The highest BCUT2D eigenvalue weighted by Crippen LogP contribution is 2.03. The number of hydrogen-bond donors (Lipinski definition) is 2. The van der Waals surface area contributed by atoms with Crippen molar-refractivity contribution in [2.24, 2.45) is 0 Å². The van der Waals surface area contributed by atoms with Crippen LogP contribution in [-0.2, 0) is 12.8 Å². The standard InChI is InChI=1S/C25H38N2/c1-22(20-24-14-8-6-9-15-24)26-18-12-4-3-5-13-19-27-23(2)21-25-16-10-7-11-17-25/h6-11,14-17,22-23,26-27H,3-5,12-13,18-21H2,1-2H3/p+2/t22-,23-/m0/s1. The van der Waals surface area contributed by atoms with Crippen molar-refractivity contribution in [3.8, 4) is 0 Å². The molecule has 2 aromatic rings. The van der Waals surface area contributed by atoms with Crippen LogP contribution < -0.4 is 10.6 Å². The molecule has 2 atom stereocenters. The first-order chi connectivity index (χ1) is 13.2. The van der Waals surface area contributed by atoms with E-state index in [9.17, 15) is 0 Å². The van der Waals surface area contributed by atoms with E-state index in [2.05, 4.69) is 85.1 Å². The van der Waals surface area contributed by atoms with E-state index in [0.717, 1.165) is 0 Å². The topological polar surface area (TPSA) is 33.2 Å². The van der Waals surface area contributed by atoms with Crippen molar-refractivity contribution in [1.29, 1.82) is 0 Å². The SMILES string of the molecule is C[C@@H](Cc1ccccc1)[NH2+]CCCCCCC[NH2+][C@@H](C)Cc1ccccc1. The highest BCUT2D eigenvalue weighted by atomic mass is 14.9. The molecule has 4 N–H and O–H groups in total. The summed E-state index contributed by atoms with van der Waals surface area (Å²) in [6, 6.07) is 23.1. The van der Waals surface area contributed by atoms with E-state index < -0.39 is 0 Å². The van der Waals surface area contributed by atoms with Crippen LogP contribution in [-0.4, -0.2) is 25.2 Å². The average molecular weight is 369 g/mol. The quantitative estimate of drug-likeness (QED) is 0.480. The lowest BCUT2D eigenvalue weighted by molar-refractivity contribution is -0.686. The molecule has 0 aliphatic rings. The Morgan fingerprint density at radius 3 is 1.33 bits per heavy atom. The van der Waals surface area contributed by atoms with Gasteiger partial charge in [0.25, 0.3) is 0 Å². The summed E-state index contributed by atoms with van der Waals surface area (Å²) in [5.41, 5.74) is 2.91. The highest BCUT2D eigenvalue weighted by Gasteiger charge is 2.06. The van der Waals surface area contributed by atoms with Gasteiger partial charge in [-0.15, -0.1) is 0 Å². The lowest BCUT2D eigenvalue weighted by Crippen LogP contribution is -2.89. The molecule has 2 aromatic carbocycles. The van der Waals surface area contributed by atoms with Gasteiger partial charge >= 0.3 is 0 Å². The van der Waals surface area contributed by atoms with Gasteiger partial charge in [-0.2, -0.15) is 0 Å². The molecule has 0 unspecified atom stereocenters. The van der Waals surface area contributed by atoms with Gasteiger partial charge in [0.15, 0.2) is 0 Å². The van der Waals surface area contributed by atoms with E-state index in [1.807, 2.05) is 0 Å². The van der Waals surface area contributed by atoms with E-state index in [0.29, 0.717) is 12.1 Å². The number of quaternary nitrogens is 2. The molecule has 0 bridgehead atoms. The third-order valence-corrected chi connectivity index (χ3v) is 5.35. The second-order valence-corrected chi connectivity index (χ2v) is 8.15. The van der Waals surface area contributed by atoms with Crippen molar-refractivity contribution in [3.05, 3.63) is 71.8 Å². The van der Waals surface area contributed by atoms with Crippen LogP contribution in [0.4, 0.5) is 0 Å². The van der Waals surface area contributed by atoms with Gasteiger partial charge in [-0.3, -0.25) is 0 Å². The Hall–Kier alpha value is -1.64. The van der Waals surface area contributed by atoms with Gasteiger partial charge in [0.1, 0.15) is 0 Å². The van der Waals surface area contributed by atoms with E-state index in [-0.39, 0.29) is 0 Å². The van der Waals surface area contributed by atoms with Crippen LogP contribution in [0.2, 0.25) is 0 Å². The molecule has 0 aromatic heterocycles. The van der Waals surface area contributed by atoms with Crippen LogP contribution in [0, 0.1) is 0 Å². The predicted octanol–water partition coefficient (Wildman–Crippen LogP) is 3.33. The Morgan fingerprint density at radius 2 is 0.926 bits per heavy atom. The molecule has 2 heteroatoms.